The van der Waals surface area contributed by atoms with E-state index >= 15 is 0 Å². The summed E-state index contributed by atoms with van der Waals surface area (Å²) in [6, 6.07) is 18.5. The highest BCUT2D eigenvalue weighted by molar-refractivity contribution is 5.39. The molecular weight excluding hydrogens is 352 g/mol. The average Bonchev–Trinajstić information content (AvgIpc) is 3.39. The number of benzene rings is 2. The summed E-state index contributed by atoms with van der Waals surface area (Å²) in [7, 11) is 1.69. The Morgan fingerprint density at radius 3 is 2.46 bits per heavy atom. The van der Waals surface area contributed by atoms with Gasteiger partial charge in [-0.1, -0.05) is 12.1 Å². The highest BCUT2D eigenvalue weighted by atomic mass is 16.5. The van der Waals surface area contributed by atoms with Crippen LogP contribution in [-0.4, -0.2) is 36.3 Å². The van der Waals surface area contributed by atoms with Crippen molar-refractivity contribution < 1.29 is 14.2 Å². The molecule has 1 aliphatic heterocycles. The van der Waals surface area contributed by atoms with Crippen molar-refractivity contribution in [3.05, 3.63) is 78.1 Å². The molecule has 146 valence electrons. The Morgan fingerprint density at radius 1 is 1.00 bits per heavy atom. The van der Waals surface area contributed by atoms with Crippen LogP contribution in [0.2, 0.25) is 0 Å². The van der Waals surface area contributed by atoms with E-state index in [9.17, 15) is 0 Å². The molecule has 0 aliphatic carbocycles. The standard InChI is InChI=1S/C23H26N2O3/c1-3-27-22-10-6-20(7-11-22)24-13-12-19(17-24)23-25(14-15-28-23)16-18-4-8-21(26-2)9-5-18/h4-13,17,23H,3,14-16H2,1-2H3/t23-/m0/s1. The summed E-state index contributed by atoms with van der Waals surface area (Å²) in [5.74, 6) is 1.77. The summed E-state index contributed by atoms with van der Waals surface area (Å²) in [5, 5.41) is 0. The fourth-order valence-corrected chi connectivity index (χ4v) is 3.54. The Bertz CT molecular complexity index is 887. The first-order valence-electron chi connectivity index (χ1n) is 9.66. The number of hydrogen-bond acceptors (Lipinski definition) is 4. The second-order valence-corrected chi connectivity index (χ2v) is 6.82. The van der Waals surface area contributed by atoms with Crippen LogP contribution in [0.15, 0.2) is 67.0 Å². The van der Waals surface area contributed by atoms with Crippen LogP contribution in [-0.2, 0) is 11.3 Å². The maximum Gasteiger partial charge on any atom is 0.138 e. The third-order valence-electron chi connectivity index (χ3n) is 4.98. The van der Waals surface area contributed by atoms with Gasteiger partial charge in [-0.15, -0.1) is 0 Å². The zero-order valence-electron chi connectivity index (χ0n) is 16.4. The molecule has 28 heavy (non-hydrogen) atoms. The first-order valence-corrected chi connectivity index (χ1v) is 9.66. The highest BCUT2D eigenvalue weighted by Gasteiger charge is 2.27. The molecule has 1 fully saturated rings. The van der Waals surface area contributed by atoms with Crippen molar-refractivity contribution in [2.24, 2.45) is 0 Å². The highest BCUT2D eigenvalue weighted by Crippen LogP contribution is 2.30. The van der Waals surface area contributed by atoms with Crippen molar-refractivity contribution in [1.82, 2.24) is 9.47 Å². The third-order valence-corrected chi connectivity index (χ3v) is 4.98. The van der Waals surface area contributed by atoms with Crippen molar-refractivity contribution in [2.75, 3.05) is 26.9 Å². The molecule has 3 aromatic rings. The minimum Gasteiger partial charge on any atom is -0.497 e. The number of ether oxygens (including phenoxy) is 3. The van der Waals surface area contributed by atoms with Gasteiger partial charge >= 0.3 is 0 Å². The maximum atomic E-state index is 6.04. The van der Waals surface area contributed by atoms with Crippen LogP contribution in [0, 0.1) is 0 Å². The SMILES string of the molecule is CCOc1ccc(-n2ccc([C@@H]3OCCN3Cc3ccc(OC)cc3)c2)cc1. The summed E-state index contributed by atoms with van der Waals surface area (Å²) in [6.07, 6.45) is 4.20. The molecule has 0 bridgehead atoms. The summed E-state index contributed by atoms with van der Waals surface area (Å²) in [6.45, 7) is 5.18. The largest absolute Gasteiger partial charge is 0.497 e. The Labute approximate surface area is 166 Å². The third kappa shape index (κ3) is 4.06. The molecule has 5 heteroatoms. The van der Waals surface area contributed by atoms with Crippen molar-refractivity contribution in [1.29, 1.82) is 0 Å². The summed E-state index contributed by atoms with van der Waals surface area (Å²) in [4.78, 5) is 2.36. The normalized spacial score (nSPS) is 17.0. The quantitative estimate of drug-likeness (QED) is 0.610. The molecule has 5 nitrogen and oxygen atoms in total. The Kier molecular flexibility index (Phi) is 5.65. The van der Waals surface area contributed by atoms with Crippen LogP contribution in [0.4, 0.5) is 0 Å². The van der Waals surface area contributed by atoms with Gasteiger partial charge in [-0.2, -0.15) is 0 Å². The molecule has 4 rings (SSSR count). The average molecular weight is 378 g/mol. The predicted octanol–water partition coefficient (Wildman–Crippen LogP) is 4.42. The number of nitrogens with zero attached hydrogens (tertiary/aromatic N) is 2. The van der Waals surface area contributed by atoms with E-state index in [1.54, 1.807) is 7.11 Å². The molecule has 1 saturated heterocycles. The van der Waals surface area contributed by atoms with Crippen LogP contribution in [0.3, 0.4) is 0 Å². The topological polar surface area (TPSA) is 35.9 Å². The second kappa shape index (κ2) is 8.50. The molecule has 0 N–H and O–H groups in total. The van der Waals surface area contributed by atoms with E-state index in [-0.39, 0.29) is 6.23 Å². The van der Waals surface area contributed by atoms with Crippen molar-refractivity contribution in [2.45, 2.75) is 19.7 Å². The molecule has 1 aliphatic rings. The zero-order valence-corrected chi connectivity index (χ0v) is 16.4. The lowest BCUT2D eigenvalue weighted by Crippen LogP contribution is -2.23. The minimum atomic E-state index is -0.0222. The summed E-state index contributed by atoms with van der Waals surface area (Å²) < 4.78 is 18.9. The van der Waals surface area contributed by atoms with Gasteiger partial charge < -0.3 is 18.8 Å². The van der Waals surface area contributed by atoms with E-state index in [0.29, 0.717) is 6.61 Å². The Hall–Kier alpha value is -2.76. The number of methoxy groups -OCH3 is 1. The smallest absolute Gasteiger partial charge is 0.138 e. The summed E-state index contributed by atoms with van der Waals surface area (Å²) in [5.41, 5.74) is 3.52. The van der Waals surface area contributed by atoms with Gasteiger partial charge in [-0.25, -0.2) is 0 Å². The zero-order chi connectivity index (χ0) is 19.3. The van der Waals surface area contributed by atoms with Gasteiger partial charge in [0, 0.05) is 36.7 Å². The van der Waals surface area contributed by atoms with Crippen LogP contribution in [0.1, 0.15) is 24.3 Å². The van der Waals surface area contributed by atoms with Crippen molar-refractivity contribution >= 4 is 0 Å². The van der Waals surface area contributed by atoms with Gasteiger partial charge in [0.25, 0.3) is 0 Å². The van der Waals surface area contributed by atoms with E-state index in [2.05, 4.69) is 52.2 Å². The van der Waals surface area contributed by atoms with Gasteiger partial charge in [0.05, 0.1) is 20.3 Å². The van der Waals surface area contributed by atoms with Crippen molar-refractivity contribution in [3.63, 3.8) is 0 Å². The van der Waals surface area contributed by atoms with Crippen LogP contribution in [0.5, 0.6) is 11.5 Å². The van der Waals surface area contributed by atoms with E-state index in [1.807, 2.05) is 31.2 Å². The van der Waals surface area contributed by atoms with Crippen molar-refractivity contribution in [3.8, 4) is 17.2 Å². The van der Waals surface area contributed by atoms with E-state index < -0.39 is 0 Å². The Morgan fingerprint density at radius 2 is 1.75 bits per heavy atom. The monoisotopic (exact) mass is 378 g/mol. The molecule has 0 amide bonds. The van der Waals surface area contributed by atoms with Crippen LogP contribution in [0.25, 0.3) is 5.69 Å². The van der Waals surface area contributed by atoms with E-state index in [4.69, 9.17) is 14.2 Å². The number of aromatic nitrogens is 1. The van der Waals surface area contributed by atoms with Crippen LogP contribution < -0.4 is 9.47 Å². The predicted molar refractivity (Wildman–Crippen MR) is 109 cm³/mol. The second-order valence-electron chi connectivity index (χ2n) is 6.82. The molecule has 0 spiro atoms. The van der Waals surface area contributed by atoms with Gasteiger partial charge in [0.1, 0.15) is 17.7 Å². The first kappa shape index (κ1) is 18.6. The minimum absolute atomic E-state index is 0.0222. The maximum absolute atomic E-state index is 6.04. The summed E-state index contributed by atoms with van der Waals surface area (Å²) >= 11 is 0. The van der Waals surface area contributed by atoms with E-state index in [1.165, 1.54) is 11.1 Å². The van der Waals surface area contributed by atoms with Crippen LogP contribution >= 0.6 is 0 Å². The molecular formula is C23H26N2O3. The fraction of sp³-hybridized carbons (Fsp3) is 0.304. The molecule has 1 atom stereocenters. The fourth-order valence-electron chi connectivity index (χ4n) is 3.54. The molecule has 2 aromatic carbocycles. The first-order chi connectivity index (χ1) is 13.8. The molecule has 0 radical (unpaired) electrons. The molecule has 0 unspecified atom stereocenters. The molecule has 2 heterocycles. The number of hydrogen-bond donors (Lipinski definition) is 0. The molecule has 1 aromatic heterocycles. The molecule has 0 saturated carbocycles. The lowest BCUT2D eigenvalue weighted by Gasteiger charge is -2.22. The van der Waals surface area contributed by atoms with Gasteiger partial charge in [-0.3, -0.25) is 4.90 Å². The van der Waals surface area contributed by atoms with Gasteiger partial charge in [-0.05, 0) is 55.0 Å². The Balaban J connectivity index is 1.47. The lowest BCUT2D eigenvalue weighted by atomic mass is 10.2. The van der Waals surface area contributed by atoms with Gasteiger partial charge in [0.2, 0.25) is 0 Å². The van der Waals surface area contributed by atoms with E-state index in [0.717, 1.165) is 36.9 Å². The number of rotatable bonds is 7. The lowest BCUT2D eigenvalue weighted by molar-refractivity contribution is 0.0288. The van der Waals surface area contributed by atoms with Gasteiger partial charge in [0.15, 0.2) is 0 Å².